The van der Waals surface area contributed by atoms with Gasteiger partial charge in [0.15, 0.2) is 11.4 Å². The molecule has 0 spiro atoms. The Kier molecular flexibility index (Phi) is 4.13. The fourth-order valence-electron chi connectivity index (χ4n) is 1.84. The molecule has 0 aliphatic heterocycles. The molecule has 3 aromatic rings. The third-order valence-corrected chi connectivity index (χ3v) is 5.63. The SMILES string of the molecule is Cc1noc(CSc2nc3cc(S(=O)(=O)N(C)C)ccc3o2)n1. The molecule has 0 radical (unpaired) electrons. The molecule has 2 aromatic heterocycles. The topological polar surface area (TPSA) is 102 Å². The first-order chi connectivity index (χ1) is 10.9. The van der Waals surface area contributed by atoms with Gasteiger partial charge in [-0.25, -0.2) is 17.7 Å². The molecule has 1 aromatic carbocycles. The van der Waals surface area contributed by atoms with Crippen molar-refractivity contribution < 1.29 is 17.4 Å². The number of sulfonamides is 1. The van der Waals surface area contributed by atoms with Crippen molar-refractivity contribution in [3.05, 3.63) is 29.9 Å². The molecule has 3 rings (SSSR count). The molecule has 0 atom stereocenters. The molecule has 0 fully saturated rings. The molecule has 10 heteroatoms. The summed E-state index contributed by atoms with van der Waals surface area (Å²) in [6.07, 6.45) is 0. The number of nitrogens with zero attached hydrogens (tertiary/aromatic N) is 4. The highest BCUT2D eigenvalue weighted by Gasteiger charge is 2.19. The first-order valence-corrected chi connectivity index (χ1v) is 9.04. The highest BCUT2D eigenvalue weighted by molar-refractivity contribution is 7.98. The Morgan fingerprint density at radius 3 is 2.70 bits per heavy atom. The van der Waals surface area contributed by atoms with Gasteiger partial charge in [-0.2, -0.15) is 4.98 Å². The van der Waals surface area contributed by atoms with Gasteiger partial charge in [0.2, 0.25) is 15.9 Å². The molecule has 2 heterocycles. The van der Waals surface area contributed by atoms with Crippen molar-refractivity contribution >= 4 is 32.9 Å². The van der Waals surface area contributed by atoms with Crippen LogP contribution in [0.15, 0.2) is 37.3 Å². The second kappa shape index (κ2) is 5.95. The number of thioether (sulfide) groups is 1. The van der Waals surface area contributed by atoms with Crippen molar-refractivity contribution in [2.45, 2.75) is 22.8 Å². The van der Waals surface area contributed by atoms with E-state index in [0.29, 0.717) is 33.8 Å². The van der Waals surface area contributed by atoms with Crippen LogP contribution >= 0.6 is 11.8 Å². The van der Waals surface area contributed by atoms with Gasteiger partial charge < -0.3 is 8.94 Å². The van der Waals surface area contributed by atoms with Gasteiger partial charge in [0, 0.05) is 14.1 Å². The smallest absolute Gasteiger partial charge is 0.257 e. The predicted molar refractivity (Wildman–Crippen MR) is 83.5 cm³/mol. The number of oxazole rings is 1. The van der Waals surface area contributed by atoms with E-state index in [-0.39, 0.29) is 4.90 Å². The maximum atomic E-state index is 12.1. The van der Waals surface area contributed by atoms with E-state index in [0.717, 1.165) is 4.31 Å². The molecule has 0 bridgehead atoms. The Morgan fingerprint density at radius 2 is 2.04 bits per heavy atom. The number of rotatable bonds is 5. The molecule has 0 saturated heterocycles. The first kappa shape index (κ1) is 16.0. The van der Waals surface area contributed by atoms with Crippen molar-refractivity contribution in [2.24, 2.45) is 0 Å². The lowest BCUT2D eigenvalue weighted by atomic mass is 10.3. The van der Waals surface area contributed by atoms with Gasteiger partial charge in [0.25, 0.3) is 5.22 Å². The van der Waals surface area contributed by atoms with Crippen molar-refractivity contribution in [1.29, 1.82) is 0 Å². The Morgan fingerprint density at radius 1 is 1.26 bits per heavy atom. The fourth-order valence-corrected chi connectivity index (χ4v) is 3.44. The van der Waals surface area contributed by atoms with Gasteiger partial charge in [-0.05, 0) is 25.1 Å². The fraction of sp³-hybridized carbons (Fsp3) is 0.308. The summed E-state index contributed by atoms with van der Waals surface area (Å²) in [6, 6.07) is 4.59. The van der Waals surface area contributed by atoms with E-state index in [9.17, 15) is 8.42 Å². The summed E-state index contributed by atoms with van der Waals surface area (Å²) in [5, 5.41) is 4.12. The Labute approximate surface area is 136 Å². The van der Waals surface area contributed by atoms with Crippen LogP contribution in [0, 0.1) is 6.92 Å². The highest BCUT2D eigenvalue weighted by atomic mass is 32.2. The van der Waals surface area contributed by atoms with Crippen LogP contribution in [-0.4, -0.2) is 41.9 Å². The molecule has 122 valence electrons. The molecule has 8 nitrogen and oxygen atoms in total. The zero-order valence-corrected chi connectivity index (χ0v) is 14.3. The van der Waals surface area contributed by atoms with Crippen molar-refractivity contribution in [2.75, 3.05) is 14.1 Å². The van der Waals surface area contributed by atoms with Crippen LogP contribution in [-0.2, 0) is 15.8 Å². The normalized spacial score (nSPS) is 12.3. The van der Waals surface area contributed by atoms with Crippen molar-refractivity contribution in [1.82, 2.24) is 19.4 Å². The second-order valence-electron chi connectivity index (χ2n) is 4.92. The van der Waals surface area contributed by atoms with E-state index >= 15 is 0 Å². The number of hydrogen-bond acceptors (Lipinski definition) is 8. The van der Waals surface area contributed by atoms with E-state index in [1.165, 1.54) is 38.0 Å². The standard InChI is InChI=1S/C13H14N4O4S2/c1-8-14-12(21-16-8)7-22-13-15-10-6-9(4-5-11(10)20-13)23(18,19)17(2)3/h4-6H,7H2,1-3H3. The average molecular weight is 354 g/mol. The average Bonchev–Trinajstić information content (AvgIpc) is 3.09. The van der Waals surface area contributed by atoms with Crippen LogP contribution in [0.2, 0.25) is 0 Å². The van der Waals surface area contributed by atoms with E-state index in [1.807, 2.05) is 0 Å². The molecule has 0 unspecified atom stereocenters. The summed E-state index contributed by atoms with van der Waals surface area (Å²) in [4.78, 5) is 8.56. The molecule has 0 saturated carbocycles. The van der Waals surface area contributed by atoms with Crippen LogP contribution in [0.5, 0.6) is 0 Å². The summed E-state index contributed by atoms with van der Waals surface area (Å²) < 4.78 is 36.0. The first-order valence-electron chi connectivity index (χ1n) is 6.61. The van der Waals surface area contributed by atoms with Crippen molar-refractivity contribution in [3.63, 3.8) is 0 Å². The largest absolute Gasteiger partial charge is 0.431 e. The van der Waals surface area contributed by atoms with Crippen LogP contribution in [0.3, 0.4) is 0 Å². The summed E-state index contributed by atoms with van der Waals surface area (Å²) in [7, 11) is -0.536. The molecule has 0 aliphatic carbocycles. The van der Waals surface area contributed by atoms with Gasteiger partial charge in [-0.3, -0.25) is 0 Å². The summed E-state index contributed by atoms with van der Waals surface area (Å²) in [5.74, 6) is 1.47. The van der Waals surface area contributed by atoms with Crippen LogP contribution < -0.4 is 0 Å². The maximum absolute atomic E-state index is 12.1. The summed E-state index contributed by atoms with van der Waals surface area (Å²) in [5.41, 5.74) is 1.00. The Bertz CT molecular complexity index is 946. The molecule has 0 amide bonds. The van der Waals surface area contributed by atoms with Crippen LogP contribution in [0.4, 0.5) is 0 Å². The van der Waals surface area contributed by atoms with Crippen LogP contribution in [0.25, 0.3) is 11.1 Å². The van der Waals surface area contributed by atoms with E-state index in [4.69, 9.17) is 8.94 Å². The lowest BCUT2D eigenvalue weighted by Crippen LogP contribution is -2.22. The molecule has 23 heavy (non-hydrogen) atoms. The molecular formula is C13H14N4O4S2. The van der Waals surface area contributed by atoms with Gasteiger partial charge >= 0.3 is 0 Å². The Hall–Kier alpha value is -1.91. The summed E-state index contributed by atoms with van der Waals surface area (Å²) in [6.45, 7) is 1.74. The zero-order chi connectivity index (χ0) is 16.6. The van der Waals surface area contributed by atoms with E-state index in [2.05, 4.69) is 15.1 Å². The van der Waals surface area contributed by atoms with E-state index in [1.54, 1.807) is 13.0 Å². The minimum atomic E-state index is -3.50. The van der Waals surface area contributed by atoms with Crippen molar-refractivity contribution in [3.8, 4) is 0 Å². The minimum Gasteiger partial charge on any atom is -0.431 e. The maximum Gasteiger partial charge on any atom is 0.257 e. The quantitative estimate of drug-likeness (QED) is 0.642. The zero-order valence-electron chi connectivity index (χ0n) is 12.7. The minimum absolute atomic E-state index is 0.173. The molecular weight excluding hydrogens is 340 g/mol. The lowest BCUT2D eigenvalue weighted by molar-refractivity contribution is 0.386. The second-order valence-corrected chi connectivity index (χ2v) is 8.00. The third kappa shape index (κ3) is 3.23. The van der Waals surface area contributed by atoms with Gasteiger partial charge in [0.1, 0.15) is 5.52 Å². The number of aromatic nitrogens is 3. The number of fused-ring (bicyclic) bond motifs is 1. The third-order valence-electron chi connectivity index (χ3n) is 3.01. The number of benzene rings is 1. The predicted octanol–water partition coefficient (Wildman–Crippen LogP) is 2.06. The van der Waals surface area contributed by atoms with Gasteiger partial charge in [-0.1, -0.05) is 16.9 Å². The number of aryl methyl sites for hydroxylation is 1. The summed E-state index contributed by atoms with van der Waals surface area (Å²) >= 11 is 1.30. The van der Waals surface area contributed by atoms with Crippen LogP contribution in [0.1, 0.15) is 11.7 Å². The molecule has 0 aliphatic rings. The van der Waals surface area contributed by atoms with E-state index < -0.39 is 10.0 Å². The van der Waals surface area contributed by atoms with Gasteiger partial charge in [0.05, 0.1) is 10.6 Å². The molecule has 0 N–H and O–H groups in total. The highest BCUT2D eigenvalue weighted by Crippen LogP contribution is 2.27. The lowest BCUT2D eigenvalue weighted by Gasteiger charge is -2.10. The number of hydrogen-bond donors (Lipinski definition) is 0. The van der Waals surface area contributed by atoms with Gasteiger partial charge in [-0.15, -0.1) is 0 Å². The monoisotopic (exact) mass is 354 g/mol. The Balaban J connectivity index is 1.84.